The second-order valence-corrected chi connectivity index (χ2v) is 9.75. The summed E-state index contributed by atoms with van der Waals surface area (Å²) < 4.78 is 2.25. The summed E-state index contributed by atoms with van der Waals surface area (Å²) in [5.74, 6) is 0.785. The fourth-order valence-electron chi connectivity index (χ4n) is 5.12. The Morgan fingerprint density at radius 3 is 2.79 bits per heavy atom. The summed E-state index contributed by atoms with van der Waals surface area (Å²) in [4.78, 5) is 13.1. The first-order valence-electron chi connectivity index (χ1n) is 11.5. The summed E-state index contributed by atoms with van der Waals surface area (Å²) in [6, 6.07) is 22.0. The molecule has 0 spiro atoms. The molecule has 0 fully saturated rings. The van der Waals surface area contributed by atoms with Gasteiger partial charge in [-0.3, -0.25) is 4.90 Å². The molecule has 1 atom stereocenters. The molecule has 0 aliphatic carbocycles. The second kappa shape index (κ2) is 8.58. The molecule has 2 aromatic carbocycles. The van der Waals surface area contributed by atoms with Crippen molar-refractivity contribution >= 4 is 22.2 Å². The van der Waals surface area contributed by atoms with Crippen LogP contribution in [0.1, 0.15) is 27.6 Å². The van der Waals surface area contributed by atoms with Crippen LogP contribution >= 0.6 is 11.3 Å². The molecule has 164 valence electrons. The van der Waals surface area contributed by atoms with E-state index in [0.717, 1.165) is 37.3 Å². The Morgan fingerprint density at radius 2 is 1.88 bits per heavy atom. The number of hydrogen-bond acceptors (Lipinski definition) is 4. The summed E-state index contributed by atoms with van der Waals surface area (Å²) in [5.41, 5.74) is 6.63. The van der Waals surface area contributed by atoms with Gasteiger partial charge in [-0.15, -0.1) is 11.3 Å². The lowest BCUT2D eigenvalue weighted by Crippen LogP contribution is -2.35. The first-order chi connectivity index (χ1) is 16.3. The third-order valence-electron chi connectivity index (χ3n) is 6.73. The van der Waals surface area contributed by atoms with E-state index in [1.54, 1.807) is 12.4 Å². The number of thiophene rings is 1. The van der Waals surface area contributed by atoms with Gasteiger partial charge in [-0.1, -0.05) is 36.4 Å². The number of nitrogens with zero attached hydrogens (tertiary/aromatic N) is 4. The Labute approximate surface area is 198 Å². The summed E-state index contributed by atoms with van der Waals surface area (Å²) >= 11 is 1.90. The van der Waals surface area contributed by atoms with Gasteiger partial charge in [0.05, 0.1) is 0 Å². The van der Waals surface area contributed by atoms with E-state index < -0.39 is 0 Å². The third-order valence-corrected chi connectivity index (χ3v) is 7.79. The monoisotopic (exact) mass is 450 g/mol. The molecule has 1 aliphatic rings. The number of rotatable bonds is 5. The van der Waals surface area contributed by atoms with Crippen LogP contribution in [0.3, 0.4) is 0 Å². The van der Waals surface area contributed by atoms with Crippen LogP contribution in [0.25, 0.3) is 22.3 Å². The minimum absolute atomic E-state index is 0.375. The van der Waals surface area contributed by atoms with Gasteiger partial charge in [0.15, 0.2) is 5.82 Å². The Balaban J connectivity index is 1.33. The van der Waals surface area contributed by atoms with Gasteiger partial charge in [0.1, 0.15) is 0 Å². The number of aryl methyl sites for hydroxylation is 1. The molecule has 0 radical (unpaired) electrons. The molecule has 1 aliphatic heterocycles. The van der Waals surface area contributed by atoms with Crippen LogP contribution in [0, 0.1) is 0 Å². The Morgan fingerprint density at radius 1 is 1.00 bits per heavy atom. The molecule has 0 bridgehead atoms. The van der Waals surface area contributed by atoms with Crippen molar-refractivity contribution < 1.29 is 0 Å². The molecule has 0 amide bonds. The number of hydrogen-bond donors (Lipinski definition) is 0. The van der Waals surface area contributed by atoms with Crippen molar-refractivity contribution in [1.29, 1.82) is 0 Å². The van der Waals surface area contributed by atoms with E-state index in [9.17, 15) is 0 Å². The van der Waals surface area contributed by atoms with Gasteiger partial charge in [0.25, 0.3) is 0 Å². The second-order valence-electron chi connectivity index (χ2n) is 8.81. The highest BCUT2D eigenvalue weighted by Crippen LogP contribution is 2.38. The number of fused-ring (bicyclic) bond motifs is 2. The molecule has 3 aromatic heterocycles. The predicted molar refractivity (Wildman–Crippen MR) is 135 cm³/mol. The lowest BCUT2D eigenvalue weighted by Gasteiger charge is -2.36. The zero-order valence-electron chi connectivity index (χ0n) is 18.7. The van der Waals surface area contributed by atoms with Gasteiger partial charge in [-0.05, 0) is 59.2 Å². The van der Waals surface area contributed by atoms with Crippen LogP contribution in [0.2, 0.25) is 0 Å². The van der Waals surface area contributed by atoms with Crippen LogP contribution in [0.15, 0.2) is 84.6 Å². The summed E-state index contributed by atoms with van der Waals surface area (Å²) in [6.07, 6.45) is 8.02. The highest BCUT2D eigenvalue weighted by Gasteiger charge is 2.29. The number of para-hydroxylation sites is 1. The zero-order chi connectivity index (χ0) is 22.2. The van der Waals surface area contributed by atoms with Crippen LogP contribution < -0.4 is 0 Å². The van der Waals surface area contributed by atoms with E-state index in [0.29, 0.717) is 6.04 Å². The first-order valence-corrected chi connectivity index (χ1v) is 12.3. The van der Waals surface area contributed by atoms with Crippen molar-refractivity contribution in [1.82, 2.24) is 19.4 Å². The van der Waals surface area contributed by atoms with E-state index >= 15 is 0 Å². The van der Waals surface area contributed by atoms with Gasteiger partial charge in [0, 0.05) is 66.1 Å². The minimum atomic E-state index is 0.375. The summed E-state index contributed by atoms with van der Waals surface area (Å²) in [7, 11) is 2.15. The molecule has 4 nitrogen and oxygen atoms in total. The molecule has 0 saturated carbocycles. The van der Waals surface area contributed by atoms with Gasteiger partial charge in [0.2, 0.25) is 0 Å². The number of benzene rings is 2. The predicted octanol–water partition coefficient (Wildman–Crippen LogP) is 6.04. The molecule has 0 saturated heterocycles. The molecule has 5 aromatic rings. The molecule has 1 unspecified atom stereocenters. The molecule has 33 heavy (non-hydrogen) atoms. The Hall–Kier alpha value is -3.28. The van der Waals surface area contributed by atoms with E-state index in [-0.39, 0.29) is 0 Å². The lowest BCUT2D eigenvalue weighted by atomic mass is 9.94. The fourth-order valence-corrected chi connectivity index (χ4v) is 6.21. The van der Waals surface area contributed by atoms with Crippen LogP contribution in [0.4, 0.5) is 0 Å². The molecule has 6 rings (SSSR count). The maximum atomic E-state index is 4.44. The fraction of sp³-hybridized carbons (Fsp3) is 0.214. The minimum Gasteiger partial charge on any atom is -0.350 e. The van der Waals surface area contributed by atoms with Gasteiger partial charge in [-0.2, -0.15) is 0 Å². The Bertz CT molecular complexity index is 1400. The van der Waals surface area contributed by atoms with Crippen molar-refractivity contribution in [2.24, 2.45) is 7.05 Å². The Kier molecular flexibility index (Phi) is 5.29. The zero-order valence-corrected chi connectivity index (χ0v) is 19.5. The van der Waals surface area contributed by atoms with Crippen LogP contribution in [-0.2, 0) is 26.4 Å². The highest BCUT2D eigenvalue weighted by atomic mass is 32.1. The smallest absolute Gasteiger partial charge is 0.159 e. The summed E-state index contributed by atoms with van der Waals surface area (Å²) in [5, 5.41) is 3.62. The van der Waals surface area contributed by atoms with Crippen molar-refractivity contribution in [2.45, 2.75) is 25.4 Å². The molecular weight excluding hydrogens is 424 g/mol. The third kappa shape index (κ3) is 3.88. The summed E-state index contributed by atoms with van der Waals surface area (Å²) in [6.45, 7) is 2.05. The highest BCUT2D eigenvalue weighted by molar-refractivity contribution is 7.10. The molecule has 5 heteroatoms. The average Bonchev–Trinajstić information content (AvgIpc) is 3.46. The van der Waals surface area contributed by atoms with Crippen LogP contribution in [-0.4, -0.2) is 26.0 Å². The molecule has 0 N–H and O–H groups in total. The maximum absolute atomic E-state index is 4.44. The topological polar surface area (TPSA) is 34.0 Å². The molecular formula is C28H26N4S. The SMILES string of the molecule is Cn1cc(CN2CCc3ccsc3C2Cc2cccc(-c3ncccn3)c2)c2ccccc21. The van der Waals surface area contributed by atoms with Gasteiger partial charge < -0.3 is 4.57 Å². The van der Waals surface area contributed by atoms with Gasteiger partial charge >= 0.3 is 0 Å². The quantitative estimate of drug-likeness (QED) is 0.327. The van der Waals surface area contributed by atoms with Gasteiger partial charge in [-0.25, -0.2) is 9.97 Å². The standard InChI is InChI=1S/C28H26N4S/c1-31-18-23(24-8-2-3-9-25(24)31)19-32-14-10-21-11-15-33-27(21)26(32)17-20-6-4-7-22(16-20)28-29-12-5-13-30-28/h2-9,11-13,15-16,18,26H,10,14,17,19H2,1H3. The maximum Gasteiger partial charge on any atom is 0.159 e. The van der Waals surface area contributed by atoms with Crippen LogP contribution in [0.5, 0.6) is 0 Å². The number of aromatic nitrogens is 3. The van der Waals surface area contributed by atoms with Crippen molar-refractivity contribution in [3.63, 3.8) is 0 Å². The molecule has 4 heterocycles. The lowest BCUT2D eigenvalue weighted by molar-refractivity contribution is 0.179. The largest absolute Gasteiger partial charge is 0.350 e. The average molecular weight is 451 g/mol. The van der Waals surface area contributed by atoms with Crippen molar-refractivity contribution in [2.75, 3.05) is 6.54 Å². The first kappa shape index (κ1) is 20.3. The van der Waals surface area contributed by atoms with Crippen molar-refractivity contribution in [3.05, 3.63) is 106 Å². The normalized spacial score (nSPS) is 16.2. The van der Waals surface area contributed by atoms with Crippen molar-refractivity contribution in [3.8, 4) is 11.4 Å². The van der Waals surface area contributed by atoms with E-state index in [1.807, 2.05) is 17.4 Å². The van der Waals surface area contributed by atoms with E-state index in [4.69, 9.17) is 0 Å². The van der Waals surface area contributed by atoms with E-state index in [2.05, 4.69) is 92.7 Å². The van der Waals surface area contributed by atoms with E-state index in [1.165, 1.54) is 32.5 Å².